The summed E-state index contributed by atoms with van der Waals surface area (Å²) in [6.07, 6.45) is 1.61. The van der Waals surface area contributed by atoms with Crippen molar-refractivity contribution >= 4 is 38.8 Å². The number of hydrogen-bond acceptors (Lipinski definition) is 3. The zero-order chi connectivity index (χ0) is 18.5. The summed E-state index contributed by atoms with van der Waals surface area (Å²) in [7, 11) is 0. The fourth-order valence-corrected chi connectivity index (χ4v) is 3.28. The van der Waals surface area contributed by atoms with Gasteiger partial charge in [-0.05, 0) is 69.9 Å². The van der Waals surface area contributed by atoms with Gasteiger partial charge in [0.2, 0.25) is 0 Å². The number of hydrazone groups is 1. The first-order valence-corrected chi connectivity index (χ1v) is 9.13. The predicted octanol–water partition coefficient (Wildman–Crippen LogP) is 5.07. The summed E-state index contributed by atoms with van der Waals surface area (Å²) in [5.74, 6) is 0.556. The van der Waals surface area contributed by atoms with Crippen molar-refractivity contribution in [2.75, 3.05) is 6.61 Å². The van der Waals surface area contributed by atoms with Crippen LogP contribution in [0.15, 0.2) is 64.2 Å². The highest BCUT2D eigenvalue weighted by Crippen LogP contribution is 2.25. The zero-order valence-corrected chi connectivity index (χ0v) is 16.2. The number of halogens is 1. The summed E-state index contributed by atoms with van der Waals surface area (Å²) in [6, 6.07) is 17.4. The molecule has 1 N–H and O–H groups in total. The quantitative estimate of drug-likeness (QED) is 0.471. The lowest BCUT2D eigenvalue weighted by atomic mass is 9.99. The minimum absolute atomic E-state index is 0.222. The van der Waals surface area contributed by atoms with Crippen LogP contribution >= 0.6 is 15.9 Å². The number of hydrogen-bond donors (Lipinski definition) is 1. The van der Waals surface area contributed by atoms with Crippen molar-refractivity contribution in [3.8, 4) is 5.75 Å². The number of ether oxygens (including phenoxy) is 1. The molecule has 0 spiro atoms. The Bertz CT molecular complexity index is 983. The van der Waals surface area contributed by atoms with Gasteiger partial charge in [-0.1, -0.05) is 36.4 Å². The number of carbonyl (C=O) groups excluding carboxylic acids is 1. The molecule has 0 saturated heterocycles. The molecular formula is C21H19BrN2O2. The van der Waals surface area contributed by atoms with Crippen LogP contribution < -0.4 is 10.2 Å². The van der Waals surface area contributed by atoms with Crippen LogP contribution in [0.5, 0.6) is 5.75 Å². The van der Waals surface area contributed by atoms with Crippen molar-refractivity contribution in [3.63, 3.8) is 0 Å². The van der Waals surface area contributed by atoms with E-state index < -0.39 is 0 Å². The molecule has 0 fully saturated rings. The van der Waals surface area contributed by atoms with E-state index in [-0.39, 0.29) is 5.91 Å². The van der Waals surface area contributed by atoms with Gasteiger partial charge in [-0.3, -0.25) is 4.79 Å². The van der Waals surface area contributed by atoms with Crippen LogP contribution in [0.3, 0.4) is 0 Å². The first-order valence-electron chi connectivity index (χ1n) is 8.34. The van der Waals surface area contributed by atoms with E-state index in [0.29, 0.717) is 12.2 Å². The highest BCUT2D eigenvalue weighted by molar-refractivity contribution is 9.10. The number of benzene rings is 3. The molecular weight excluding hydrogens is 392 g/mol. The van der Waals surface area contributed by atoms with Crippen molar-refractivity contribution < 1.29 is 9.53 Å². The molecule has 5 heteroatoms. The molecule has 26 heavy (non-hydrogen) atoms. The van der Waals surface area contributed by atoms with Gasteiger partial charge in [0, 0.05) is 0 Å². The third kappa shape index (κ3) is 3.94. The largest absolute Gasteiger partial charge is 0.493 e. The Balaban J connectivity index is 1.78. The van der Waals surface area contributed by atoms with Crippen molar-refractivity contribution in [2.45, 2.75) is 13.8 Å². The van der Waals surface area contributed by atoms with Gasteiger partial charge in [-0.2, -0.15) is 5.10 Å². The van der Waals surface area contributed by atoms with Crippen LogP contribution in [0.4, 0.5) is 0 Å². The average Bonchev–Trinajstić information content (AvgIpc) is 2.64. The predicted molar refractivity (Wildman–Crippen MR) is 109 cm³/mol. The molecule has 0 heterocycles. The summed E-state index contributed by atoms with van der Waals surface area (Å²) in [5, 5.41) is 6.05. The van der Waals surface area contributed by atoms with Crippen LogP contribution in [-0.2, 0) is 0 Å². The van der Waals surface area contributed by atoms with Crippen LogP contribution in [-0.4, -0.2) is 18.7 Å². The number of nitrogens with zero attached hydrogens (tertiary/aromatic N) is 1. The summed E-state index contributed by atoms with van der Waals surface area (Å²) in [6.45, 7) is 4.47. The molecule has 0 atom stereocenters. The average molecular weight is 411 g/mol. The Morgan fingerprint density at radius 3 is 2.77 bits per heavy atom. The van der Waals surface area contributed by atoms with E-state index in [9.17, 15) is 4.79 Å². The van der Waals surface area contributed by atoms with E-state index >= 15 is 0 Å². The van der Waals surface area contributed by atoms with E-state index in [1.807, 2.05) is 68.4 Å². The Morgan fingerprint density at radius 2 is 2.00 bits per heavy atom. The van der Waals surface area contributed by atoms with Gasteiger partial charge in [0.15, 0.2) is 0 Å². The molecule has 0 radical (unpaired) electrons. The van der Waals surface area contributed by atoms with Gasteiger partial charge >= 0.3 is 0 Å². The number of aryl methyl sites for hydroxylation is 1. The number of amides is 1. The third-order valence-electron chi connectivity index (χ3n) is 4.00. The molecule has 3 aromatic carbocycles. The Labute approximate surface area is 161 Å². The van der Waals surface area contributed by atoms with Gasteiger partial charge < -0.3 is 4.74 Å². The highest BCUT2D eigenvalue weighted by Gasteiger charge is 2.12. The number of carbonyl (C=O) groups is 1. The fraction of sp³-hybridized carbons (Fsp3) is 0.143. The third-order valence-corrected chi connectivity index (χ3v) is 4.62. The molecule has 0 aromatic heterocycles. The Morgan fingerprint density at radius 1 is 1.19 bits per heavy atom. The standard InChI is InChI=1S/C21H19BrN2O2/c1-3-26-19-11-9-15(12-18(19)22)13-23-24-21(25)20-14(2)8-10-16-6-4-5-7-17(16)20/h4-13H,3H2,1-2H3,(H,24,25)/b23-13-. The fourth-order valence-electron chi connectivity index (χ4n) is 2.77. The molecule has 0 unspecified atom stereocenters. The molecule has 3 rings (SSSR count). The van der Waals surface area contributed by atoms with Crippen LogP contribution in [0.25, 0.3) is 10.8 Å². The van der Waals surface area contributed by atoms with E-state index in [1.54, 1.807) is 6.21 Å². The SMILES string of the molecule is CCOc1ccc(/C=N\NC(=O)c2c(C)ccc3ccccc23)cc1Br. The van der Waals surface area contributed by atoms with Crippen LogP contribution in [0, 0.1) is 6.92 Å². The van der Waals surface area contributed by atoms with Gasteiger partial charge in [0.25, 0.3) is 5.91 Å². The molecule has 4 nitrogen and oxygen atoms in total. The maximum Gasteiger partial charge on any atom is 0.272 e. The molecule has 3 aromatic rings. The molecule has 0 aliphatic heterocycles. The number of rotatable bonds is 5. The van der Waals surface area contributed by atoms with E-state index in [1.165, 1.54) is 0 Å². The molecule has 132 valence electrons. The maximum atomic E-state index is 12.6. The maximum absolute atomic E-state index is 12.6. The van der Waals surface area contributed by atoms with Crippen molar-refractivity contribution in [2.24, 2.45) is 5.10 Å². The summed E-state index contributed by atoms with van der Waals surface area (Å²) < 4.78 is 6.33. The summed E-state index contributed by atoms with van der Waals surface area (Å²) >= 11 is 3.47. The molecule has 0 saturated carbocycles. The summed E-state index contributed by atoms with van der Waals surface area (Å²) in [5.41, 5.74) is 5.04. The minimum Gasteiger partial charge on any atom is -0.493 e. The molecule has 1 amide bonds. The second-order valence-electron chi connectivity index (χ2n) is 5.80. The van der Waals surface area contributed by atoms with Crippen molar-refractivity contribution in [3.05, 3.63) is 75.8 Å². The van der Waals surface area contributed by atoms with Gasteiger partial charge in [0.1, 0.15) is 5.75 Å². The van der Waals surface area contributed by atoms with Gasteiger partial charge in [-0.25, -0.2) is 5.43 Å². The van der Waals surface area contributed by atoms with Gasteiger partial charge in [-0.15, -0.1) is 0 Å². The first-order chi connectivity index (χ1) is 12.6. The zero-order valence-electron chi connectivity index (χ0n) is 14.6. The lowest BCUT2D eigenvalue weighted by Gasteiger charge is -2.09. The molecule has 0 bridgehead atoms. The van der Waals surface area contributed by atoms with Gasteiger partial charge in [0.05, 0.1) is 22.9 Å². The van der Waals surface area contributed by atoms with Crippen molar-refractivity contribution in [1.29, 1.82) is 0 Å². The Hall–Kier alpha value is -2.66. The highest BCUT2D eigenvalue weighted by atomic mass is 79.9. The first kappa shape index (κ1) is 18.1. The lowest BCUT2D eigenvalue weighted by molar-refractivity contribution is 0.0956. The van der Waals surface area contributed by atoms with E-state index in [0.717, 1.165) is 32.1 Å². The Kier molecular flexibility index (Phi) is 5.68. The van der Waals surface area contributed by atoms with E-state index in [2.05, 4.69) is 26.5 Å². The van der Waals surface area contributed by atoms with Crippen LogP contribution in [0.1, 0.15) is 28.4 Å². The lowest BCUT2D eigenvalue weighted by Crippen LogP contribution is -2.19. The second kappa shape index (κ2) is 8.15. The summed E-state index contributed by atoms with van der Waals surface area (Å²) in [4.78, 5) is 12.6. The second-order valence-corrected chi connectivity index (χ2v) is 6.65. The number of nitrogens with one attached hydrogen (secondary N) is 1. The number of fused-ring (bicyclic) bond motifs is 1. The monoisotopic (exact) mass is 410 g/mol. The normalized spacial score (nSPS) is 11.0. The molecule has 0 aliphatic carbocycles. The topological polar surface area (TPSA) is 50.7 Å². The molecule has 0 aliphatic rings. The van der Waals surface area contributed by atoms with Crippen molar-refractivity contribution in [1.82, 2.24) is 5.43 Å². The smallest absolute Gasteiger partial charge is 0.272 e. The van der Waals surface area contributed by atoms with E-state index in [4.69, 9.17) is 4.74 Å². The minimum atomic E-state index is -0.222. The van der Waals surface area contributed by atoms with Crippen LogP contribution in [0.2, 0.25) is 0 Å².